The molecule has 3 heterocycles. The third-order valence-corrected chi connectivity index (χ3v) is 6.80. The minimum Gasteiger partial charge on any atom is -0.449 e. The van der Waals surface area contributed by atoms with E-state index >= 15 is 0 Å². The highest BCUT2D eigenvalue weighted by Gasteiger charge is 2.28. The molecule has 0 saturated carbocycles. The molecule has 1 amide bonds. The van der Waals surface area contributed by atoms with Crippen LogP contribution in [0.5, 0.6) is 0 Å². The van der Waals surface area contributed by atoms with Crippen molar-refractivity contribution in [1.82, 2.24) is 14.9 Å². The molecule has 2 aromatic heterocycles. The summed E-state index contributed by atoms with van der Waals surface area (Å²) in [7, 11) is 2.02. The fraction of sp³-hybridized carbons (Fsp3) is 0.280. The van der Waals surface area contributed by atoms with Crippen LogP contribution < -0.4 is 5.32 Å². The molecule has 0 saturated heterocycles. The maximum Gasteiger partial charge on any atom is 0.339 e. The number of hydrogen-bond acceptors (Lipinski definition) is 7. The van der Waals surface area contributed by atoms with Gasteiger partial charge in [0.2, 0.25) is 0 Å². The molecule has 8 heteroatoms. The number of rotatable bonds is 4. The first-order valence-electron chi connectivity index (χ1n) is 10.9. The summed E-state index contributed by atoms with van der Waals surface area (Å²) >= 11 is 1.40. The maximum absolute atomic E-state index is 13.3. The third-order valence-electron chi connectivity index (χ3n) is 5.87. The van der Waals surface area contributed by atoms with Gasteiger partial charge < -0.3 is 9.64 Å². The van der Waals surface area contributed by atoms with Crippen LogP contribution in [-0.2, 0) is 22.5 Å². The van der Waals surface area contributed by atoms with Gasteiger partial charge in [-0.3, -0.25) is 15.1 Å². The molecular formula is C25H24N4O3S. The predicted molar refractivity (Wildman–Crippen MR) is 130 cm³/mol. The summed E-state index contributed by atoms with van der Waals surface area (Å²) < 4.78 is 6.65. The molecule has 1 N–H and O–H groups in total. The summed E-state index contributed by atoms with van der Waals surface area (Å²) in [6, 6.07) is 13.5. The molecular weight excluding hydrogens is 436 g/mol. The van der Waals surface area contributed by atoms with Gasteiger partial charge in [-0.2, -0.15) is 0 Å². The van der Waals surface area contributed by atoms with E-state index in [-0.39, 0.29) is 0 Å². The number of aromatic nitrogens is 2. The van der Waals surface area contributed by atoms with Crippen LogP contribution in [0.4, 0.5) is 5.13 Å². The van der Waals surface area contributed by atoms with Gasteiger partial charge in [-0.1, -0.05) is 35.6 Å². The number of amides is 1. The number of likely N-dealkylation sites (N-methyl/N-ethyl adjacent to an activating group) is 1. The van der Waals surface area contributed by atoms with Gasteiger partial charge in [0.25, 0.3) is 5.91 Å². The summed E-state index contributed by atoms with van der Waals surface area (Å²) in [6.07, 6.45) is -0.209. The summed E-state index contributed by atoms with van der Waals surface area (Å²) in [4.78, 5) is 37.5. The molecule has 1 aliphatic heterocycles. The van der Waals surface area contributed by atoms with E-state index < -0.39 is 18.0 Å². The Bertz CT molecular complexity index is 1400. The van der Waals surface area contributed by atoms with Crippen molar-refractivity contribution in [1.29, 1.82) is 0 Å². The summed E-state index contributed by atoms with van der Waals surface area (Å²) in [5, 5.41) is 4.01. The van der Waals surface area contributed by atoms with Gasteiger partial charge in [-0.25, -0.2) is 9.78 Å². The number of fused-ring (bicyclic) bond motifs is 3. The molecule has 5 rings (SSSR count). The second-order valence-electron chi connectivity index (χ2n) is 8.44. The molecule has 4 aromatic rings. The number of carbonyl (C=O) groups is 2. The highest BCUT2D eigenvalue weighted by Crippen LogP contribution is 2.29. The number of benzene rings is 2. The predicted octanol–water partition coefficient (Wildman–Crippen LogP) is 4.32. The fourth-order valence-electron chi connectivity index (χ4n) is 4.12. The standard InChI is InChI=1S/C25H24N4O3S/c1-14-8-9-20-21(12-14)33-25(27-20)28-23(30)15(2)32-24(31)22-16-6-4-5-7-18(16)26-19-10-11-29(3)13-17(19)22/h4-9,12,15H,10-11,13H2,1-3H3,(H,27,28,30). The van der Waals surface area contributed by atoms with Crippen molar-refractivity contribution in [3.8, 4) is 0 Å². The molecule has 1 atom stereocenters. The van der Waals surface area contributed by atoms with E-state index in [1.807, 2.05) is 56.4 Å². The van der Waals surface area contributed by atoms with Gasteiger partial charge >= 0.3 is 5.97 Å². The summed E-state index contributed by atoms with van der Waals surface area (Å²) in [5.41, 5.74) is 5.00. The number of nitrogens with one attached hydrogen (secondary N) is 1. The van der Waals surface area contributed by atoms with Gasteiger partial charge in [0.15, 0.2) is 11.2 Å². The highest BCUT2D eigenvalue weighted by atomic mass is 32.1. The number of nitrogens with zero attached hydrogens (tertiary/aromatic N) is 3. The molecule has 0 bridgehead atoms. The van der Waals surface area contributed by atoms with Crippen LogP contribution >= 0.6 is 11.3 Å². The van der Waals surface area contributed by atoms with Crippen molar-refractivity contribution in [2.24, 2.45) is 0 Å². The van der Waals surface area contributed by atoms with Gasteiger partial charge in [-0.15, -0.1) is 0 Å². The SMILES string of the molecule is Cc1ccc2nc(NC(=O)C(C)OC(=O)c3c4c(nc5ccccc35)CCN(C)C4)sc2c1. The van der Waals surface area contributed by atoms with Crippen molar-refractivity contribution in [3.05, 3.63) is 64.8 Å². The average Bonchev–Trinajstić information content (AvgIpc) is 3.18. The lowest BCUT2D eigenvalue weighted by Crippen LogP contribution is -2.32. The molecule has 0 spiro atoms. The second kappa shape index (κ2) is 8.53. The van der Waals surface area contributed by atoms with Crippen LogP contribution in [0.1, 0.15) is 34.1 Å². The Balaban J connectivity index is 1.39. The number of pyridine rings is 1. The number of thiazole rings is 1. The van der Waals surface area contributed by atoms with Crippen LogP contribution in [-0.4, -0.2) is 46.4 Å². The molecule has 168 valence electrons. The first-order valence-corrected chi connectivity index (χ1v) is 11.7. The van der Waals surface area contributed by atoms with Crippen LogP contribution in [0.3, 0.4) is 0 Å². The van der Waals surface area contributed by atoms with E-state index in [1.54, 1.807) is 6.92 Å². The molecule has 7 nitrogen and oxygen atoms in total. The number of hydrogen-bond donors (Lipinski definition) is 1. The molecule has 1 aliphatic rings. The molecule has 2 aromatic carbocycles. The smallest absolute Gasteiger partial charge is 0.339 e. The number of anilines is 1. The molecule has 0 radical (unpaired) electrons. The lowest BCUT2D eigenvalue weighted by molar-refractivity contribution is -0.123. The van der Waals surface area contributed by atoms with Crippen molar-refractivity contribution in [3.63, 3.8) is 0 Å². The third kappa shape index (κ3) is 4.19. The number of ether oxygens (including phenoxy) is 1. The highest BCUT2D eigenvalue weighted by molar-refractivity contribution is 7.22. The Hall–Kier alpha value is -3.36. The Morgan fingerprint density at radius 2 is 1.97 bits per heavy atom. The van der Waals surface area contributed by atoms with Gasteiger partial charge in [0.05, 0.1) is 21.3 Å². The Labute approximate surface area is 195 Å². The van der Waals surface area contributed by atoms with Gasteiger partial charge in [0.1, 0.15) is 0 Å². The van der Waals surface area contributed by atoms with E-state index in [1.165, 1.54) is 11.3 Å². The monoisotopic (exact) mass is 460 g/mol. The Morgan fingerprint density at radius 1 is 1.15 bits per heavy atom. The van der Waals surface area contributed by atoms with Crippen LogP contribution in [0, 0.1) is 6.92 Å². The lowest BCUT2D eigenvalue weighted by Gasteiger charge is -2.27. The van der Waals surface area contributed by atoms with Crippen LogP contribution in [0.15, 0.2) is 42.5 Å². The number of carbonyl (C=O) groups excluding carboxylic acids is 2. The van der Waals surface area contributed by atoms with Gasteiger partial charge in [0, 0.05) is 36.2 Å². The molecule has 0 aliphatic carbocycles. The largest absolute Gasteiger partial charge is 0.449 e. The summed E-state index contributed by atoms with van der Waals surface area (Å²) in [6.45, 7) is 5.08. The first-order chi connectivity index (χ1) is 15.9. The fourth-order valence-corrected chi connectivity index (χ4v) is 5.09. The van der Waals surface area contributed by atoms with E-state index in [9.17, 15) is 9.59 Å². The maximum atomic E-state index is 13.3. The number of esters is 1. The van der Waals surface area contributed by atoms with E-state index in [0.29, 0.717) is 17.2 Å². The number of aryl methyl sites for hydroxylation is 1. The lowest BCUT2D eigenvalue weighted by atomic mass is 9.96. The Morgan fingerprint density at radius 3 is 2.82 bits per heavy atom. The zero-order valence-corrected chi connectivity index (χ0v) is 19.5. The topological polar surface area (TPSA) is 84.4 Å². The molecule has 1 unspecified atom stereocenters. The minimum absolute atomic E-state index is 0.413. The number of para-hydroxylation sites is 1. The van der Waals surface area contributed by atoms with E-state index in [0.717, 1.165) is 50.9 Å². The van der Waals surface area contributed by atoms with Crippen molar-refractivity contribution in [2.75, 3.05) is 18.9 Å². The molecule has 33 heavy (non-hydrogen) atoms. The van der Waals surface area contributed by atoms with Crippen molar-refractivity contribution in [2.45, 2.75) is 32.9 Å². The zero-order chi connectivity index (χ0) is 23.1. The first kappa shape index (κ1) is 21.5. The van der Waals surface area contributed by atoms with Gasteiger partial charge in [-0.05, 0) is 44.7 Å². The Kier molecular flexibility index (Phi) is 5.55. The zero-order valence-electron chi connectivity index (χ0n) is 18.7. The van der Waals surface area contributed by atoms with Crippen molar-refractivity contribution >= 4 is 49.5 Å². The summed E-state index contributed by atoms with van der Waals surface area (Å²) in [5.74, 6) is -0.925. The normalized spacial score (nSPS) is 14.8. The van der Waals surface area contributed by atoms with Crippen LogP contribution in [0.25, 0.3) is 21.1 Å². The van der Waals surface area contributed by atoms with Crippen molar-refractivity contribution < 1.29 is 14.3 Å². The average molecular weight is 461 g/mol. The minimum atomic E-state index is -0.977. The van der Waals surface area contributed by atoms with Crippen LogP contribution in [0.2, 0.25) is 0 Å². The van der Waals surface area contributed by atoms with E-state index in [2.05, 4.69) is 15.2 Å². The quantitative estimate of drug-likeness (QED) is 0.457. The second-order valence-corrected chi connectivity index (χ2v) is 9.47. The van der Waals surface area contributed by atoms with E-state index in [4.69, 9.17) is 9.72 Å². The molecule has 0 fully saturated rings.